The number of hydrogen-bond donors (Lipinski definition) is 1. The van der Waals surface area contributed by atoms with E-state index in [9.17, 15) is 13.2 Å². The molecular weight excluding hydrogens is 390 g/mol. The molecule has 1 aliphatic rings. The second-order valence-electron chi connectivity index (χ2n) is 7.51. The summed E-state index contributed by atoms with van der Waals surface area (Å²) in [4.78, 5) is 14.4. The third kappa shape index (κ3) is 6.95. The van der Waals surface area contributed by atoms with Gasteiger partial charge < -0.3 is 10.1 Å². The third-order valence-corrected chi connectivity index (χ3v) is 6.04. The molecule has 1 saturated heterocycles. The maximum atomic E-state index is 12.8. The first-order chi connectivity index (χ1) is 12.1. The topological polar surface area (TPSA) is 79.0 Å². The van der Waals surface area contributed by atoms with Crippen LogP contribution in [0.2, 0.25) is 0 Å². The van der Waals surface area contributed by atoms with Gasteiger partial charge in [0.1, 0.15) is 5.75 Å². The Balaban J connectivity index is 0.00000364. The zero-order valence-corrected chi connectivity index (χ0v) is 18.0. The van der Waals surface area contributed by atoms with Crippen molar-refractivity contribution in [2.24, 2.45) is 0 Å². The van der Waals surface area contributed by atoms with Gasteiger partial charge in [-0.25, -0.2) is 8.42 Å². The minimum absolute atomic E-state index is 0. The Kier molecular flexibility index (Phi) is 8.53. The van der Waals surface area contributed by atoms with E-state index in [0.717, 1.165) is 0 Å². The van der Waals surface area contributed by atoms with E-state index in [-0.39, 0.29) is 35.3 Å². The highest BCUT2D eigenvalue weighted by atomic mass is 35.5. The van der Waals surface area contributed by atoms with E-state index in [1.165, 1.54) is 4.31 Å². The van der Waals surface area contributed by atoms with Gasteiger partial charge in [0.25, 0.3) is 0 Å². The molecule has 0 atom stereocenters. The minimum atomic E-state index is -3.54. The van der Waals surface area contributed by atoms with Gasteiger partial charge >= 0.3 is 0 Å². The van der Waals surface area contributed by atoms with Crippen molar-refractivity contribution in [1.29, 1.82) is 0 Å². The molecule has 1 heterocycles. The van der Waals surface area contributed by atoms with Crippen molar-refractivity contribution >= 4 is 28.3 Å². The standard InChI is InChI=1S/C18H29N3O4S.ClH/c1-18(2,3)19-17(22)14-20-10-5-11-21(13-12-20)26(23,24)16-8-6-15(25-4)7-9-16;/h6-9H,5,10-14H2,1-4H3,(H,19,22);1H. The molecule has 0 unspecified atom stereocenters. The van der Waals surface area contributed by atoms with E-state index in [1.807, 2.05) is 25.7 Å². The third-order valence-electron chi connectivity index (χ3n) is 4.13. The molecule has 2 rings (SSSR count). The number of methoxy groups -OCH3 is 1. The largest absolute Gasteiger partial charge is 0.497 e. The van der Waals surface area contributed by atoms with Crippen LogP contribution in [0.5, 0.6) is 5.75 Å². The highest BCUT2D eigenvalue weighted by molar-refractivity contribution is 7.89. The van der Waals surface area contributed by atoms with Crippen LogP contribution >= 0.6 is 12.4 Å². The van der Waals surface area contributed by atoms with E-state index < -0.39 is 10.0 Å². The summed E-state index contributed by atoms with van der Waals surface area (Å²) in [5, 5.41) is 2.94. The number of ether oxygens (including phenoxy) is 1. The van der Waals surface area contributed by atoms with Crippen molar-refractivity contribution in [3.05, 3.63) is 24.3 Å². The van der Waals surface area contributed by atoms with Gasteiger partial charge in [0, 0.05) is 25.2 Å². The Bertz CT molecular complexity index is 717. The van der Waals surface area contributed by atoms with Crippen LogP contribution in [-0.4, -0.2) is 68.9 Å². The number of amides is 1. The summed E-state index contributed by atoms with van der Waals surface area (Å²) in [5.74, 6) is 0.583. The van der Waals surface area contributed by atoms with Crippen LogP contribution in [0.3, 0.4) is 0 Å². The Morgan fingerprint density at radius 3 is 2.30 bits per heavy atom. The lowest BCUT2D eigenvalue weighted by Crippen LogP contribution is -2.46. The van der Waals surface area contributed by atoms with Crippen molar-refractivity contribution in [1.82, 2.24) is 14.5 Å². The Morgan fingerprint density at radius 1 is 1.11 bits per heavy atom. The number of rotatable bonds is 5. The van der Waals surface area contributed by atoms with Crippen molar-refractivity contribution in [3.63, 3.8) is 0 Å². The van der Waals surface area contributed by atoms with Crippen LogP contribution in [-0.2, 0) is 14.8 Å². The predicted molar refractivity (Wildman–Crippen MR) is 108 cm³/mol. The summed E-state index contributed by atoms with van der Waals surface area (Å²) in [6, 6.07) is 6.42. The normalized spacial score (nSPS) is 16.9. The fourth-order valence-corrected chi connectivity index (χ4v) is 4.37. The monoisotopic (exact) mass is 419 g/mol. The highest BCUT2D eigenvalue weighted by Gasteiger charge is 2.27. The number of benzene rings is 1. The average Bonchev–Trinajstić information content (AvgIpc) is 2.79. The van der Waals surface area contributed by atoms with Crippen molar-refractivity contribution < 1.29 is 17.9 Å². The fourth-order valence-electron chi connectivity index (χ4n) is 2.90. The van der Waals surface area contributed by atoms with Gasteiger partial charge in [-0.15, -0.1) is 12.4 Å². The Hall–Kier alpha value is -1.35. The van der Waals surface area contributed by atoms with Crippen molar-refractivity contribution in [2.45, 2.75) is 37.6 Å². The van der Waals surface area contributed by atoms with E-state index in [0.29, 0.717) is 38.3 Å². The van der Waals surface area contributed by atoms with Crippen molar-refractivity contribution in [3.8, 4) is 5.75 Å². The number of carbonyl (C=O) groups excluding carboxylic acids is 1. The lowest BCUT2D eigenvalue weighted by Gasteiger charge is -2.25. The van der Waals surface area contributed by atoms with E-state index >= 15 is 0 Å². The van der Waals surface area contributed by atoms with Gasteiger partial charge in [-0.2, -0.15) is 4.31 Å². The molecule has 0 radical (unpaired) electrons. The molecule has 0 bridgehead atoms. The first kappa shape index (κ1) is 23.7. The molecule has 27 heavy (non-hydrogen) atoms. The number of nitrogens with one attached hydrogen (secondary N) is 1. The first-order valence-corrected chi connectivity index (χ1v) is 10.2. The summed E-state index contributed by atoms with van der Waals surface area (Å²) in [5.41, 5.74) is -0.271. The Morgan fingerprint density at radius 2 is 1.74 bits per heavy atom. The van der Waals surface area contributed by atoms with Crippen molar-refractivity contribution in [2.75, 3.05) is 39.8 Å². The number of sulfonamides is 1. The maximum Gasteiger partial charge on any atom is 0.243 e. The molecule has 1 amide bonds. The number of carbonyl (C=O) groups is 1. The molecule has 0 aliphatic carbocycles. The highest BCUT2D eigenvalue weighted by Crippen LogP contribution is 2.20. The van der Waals surface area contributed by atoms with Crippen LogP contribution < -0.4 is 10.1 Å². The SMILES string of the molecule is COc1ccc(S(=O)(=O)N2CCCN(CC(=O)NC(C)(C)C)CC2)cc1.Cl. The molecule has 1 aromatic rings. The molecule has 9 heteroatoms. The zero-order valence-electron chi connectivity index (χ0n) is 16.4. The molecule has 1 aliphatic heterocycles. The Labute approximate surface area is 168 Å². The second kappa shape index (κ2) is 9.73. The van der Waals surface area contributed by atoms with Crippen LogP contribution in [0.25, 0.3) is 0 Å². The maximum absolute atomic E-state index is 12.8. The van der Waals surface area contributed by atoms with Gasteiger partial charge in [0.15, 0.2) is 0 Å². The molecule has 0 aromatic heterocycles. The lowest BCUT2D eigenvalue weighted by molar-refractivity contribution is -0.123. The van der Waals surface area contributed by atoms with Gasteiger partial charge in [0.05, 0.1) is 18.6 Å². The van der Waals surface area contributed by atoms with Crippen LogP contribution in [0, 0.1) is 0 Å². The van der Waals surface area contributed by atoms with Gasteiger partial charge in [-0.1, -0.05) is 0 Å². The molecular formula is C18H30ClN3O4S. The number of hydrogen-bond acceptors (Lipinski definition) is 5. The lowest BCUT2D eigenvalue weighted by atomic mass is 10.1. The molecule has 1 N–H and O–H groups in total. The summed E-state index contributed by atoms with van der Waals surface area (Å²) >= 11 is 0. The van der Waals surface area contributed by atoms with Gasteiger partial charge in [-0.05, 0) is 58.0 Å². The van der Waals surface area contributed by atoms with Crippen LogP contribution in [0.4, 0.5) is 0 Å². The number of halogens is 1. The second-order valence-corrected chi connectivity index (χ2v) is 9.45. The molecule has 0 saturated carbocycles. The van der Waals surface area contributed by atoms with Gasteiger partial charge in [0.2, 0.25) is 15.9 Å². The molecule has 1 aromatic carbocycles. The van der Waals surface area contributed by atoms with E-state index in [4.69, 9.17) is 4.74 Å². The molecule has 0 spiro atoms. The summed E-state index contributed by atoms with van der Waals surface area (Å²) in [7, 11) is -2.00. The molecule has 154 valence electrons. The predicted octanol–water partition coefficient (Wildman–Crippen LogP) is 1.73. The minimum Gasteiger partial charge on any atom is -0.497 e. The van der Waals surface area contributed by atoms with Gasteiger partial charge in [-0.3, -0.25) is 9.69 Å². The van der Waals surface area contributed by atoms with Crippen LogP contribution in [0.1, 0.15) is 27.2 Å². The summed E-state index contributed by atoms with van der Waals surface area (Å²) < 4.78 is 32.3. The van der Waals surface area contributed by atoms with E-state index in [2.05, 4.69) is 5.32 Å². The smallest absolute Gasteiger partial charge is 0.243 e. The average molecular weight is 420 g/mol. The van der Waals surface area contributed by atoms with E-state index in [1.54, 1.807) is 31.4 Å². The first-order valence-electron chi connectivity index (χ1n) is 8.79. The summed E-state index contributed by atoms with van der Waals surface area (Å²) in [6.07, 6.45) is 0.693. The molecule has 1 fully saturated rings. The molecule has 7 nitrogen and oxygen atoms in total. The zero-order chi connectivity index (χ0) is 19.4. The fraction of sp³-hybridized carbons (Fsp3) is 0.611. The quantitative estimate of drug-likeness (QED) is 0.786. The summed E-state index contributed by atoms with van der Waals surface area (Å²) in [6.45, 7) is 8.17. The number of nitrogens with zero attached hydrogens (tertiary/aromatic N) is 2. The van der Waals surface area contributed by atoms with Crippen LogP contribution in [0.15, 0.2) is 29.2 Å².